The number of aryl methyl sites for hydroxylation is 2. The van der Waals surface area contributed by atoms with Gasteiger partial charge in [0, 0.05) is 33.6 Å². The Kier molecular flexibility index (Phi) is 11.7. The lowest BCUT2D eigenvalue weighted by atomic mass is 9.97. The van der Waals surface area contributed by atoms with Gasteiger partial charge in [-0.25, -0.2) is 30.3 Å². The molecule has 6 aromatic rings. The van der Waals surface area contributed by atoms with Gasteiger partial charge in [-0.2, -0.15) is 0 Å². The van der Waals surface area contributed by atoms with Gasteiger partial charge >= 0.3 is 5.97 Å². The molecule has 0 fully saturated rings. The van der Waals surface area contributed by atoms with Crippen molar-refractivity contribution in [3.8, 4) is 0 Å². The molecule has 6 rings (SSSR count). The number of rotatable bonds is 15. The summed E-state index contributed by atoms with van der Waals surface area (Å²) < 4.78 is 89.0. The van der Waals surface area contributed by atoms with Crippen molar-refractivity contribution < 1.29 is 35.5 Å². The van der Waals surface area contributed by atoms with E-state index in [9.17, 15) is 30.4 Å². The predicted molar refractivity (Wildman–Crippen MR) is 206 cm³/mol. The second-order valence-corrected chi connectivity index (χ2v) is 17.3. The van der Waals surface area contributed by atoms with E-state index in [0.717, 1.165) is 29.3 Å². The summed E-state index contributed by atoms with van der Waals surface area (Å²) in [6, 6.07) is 32.0. The van der Waals surface area contributed by atoms with Crippen molar-refractivity contribution in [1.82, 2.24) is 9.29 Å². The largest absolute Gasteiger partial charge is 0.481 e. The Bertz CT molecular complexity index is 2450. The molecule has 1 atom stereocenters. The first-order valence-corrected chi connectivity index (χ1v) is 20.8. The van der Waals surface area contributed by atoms with Gasteiger partial charge in [-0.1, -0.05) is 90.5 Å². The number of nitrogens with one attached hydrogen (secondary N) is 1. The number of benzene rings is 5. The molecule has 280 valence electrons. The second kappa shape index (κ2) is 16.2. The van der Waals surface area contributed by atoms with Gasteiger partial charge in [-0.05, 0) is 84.5 Å². The van der Waals surface area contributed by atoms with Gasteiger partial charge < -0.3 is 9.67 Å². The molecular formula is C41H37ClF2N2O6S2. The number of halogens is 3. The van der Waals surface area contributed by atoms with Crippen LogP contribution in [-0.2, 0) is 43.2 Å². The molecule has 0 radical (unpaired) electrons. The van der Waals surface area contributed by atoms with Crippen molar-refractivity contribution in [3.05, 3.63) is 171 Å². The van der Waals surface area contributed by atoms with Gasteiger partial charge in [0.2, 0.25) is 10.0 Å². The van der Waals surface area contributed by atoms with Crippen LogP contribution < -0.4 is 4.72 Å². The molecule has 0 saturated heterocycles. The third-order valence-corrected chi connectivity index (χ3v) is 12.6. The molecule has 1 unspecified atom stereocenters. The van der Waals surface area contributed by atoms with E-state index in [1.54, 1.807) is 31.2 Å². The van der Waals surface area contributed by atoms with E-state index in [4.69, 9.17) is 16.7 Å². The summed E-state index contributed by atoms with van der Waals surface area (Å²) in [6.07, 6.45) is 0.110. The highest BCUT2D eigenvalue weighted by molar-refractivity contribution is 7.91. The third kappa shape index (κ3) is 8.73. The Morgan fingerprint density at radius 3 is 1.94 bits per heavy atom. The van der Waals surface area contributed by atoms with Crippen molar-refractivity contribution in [2.75, 3.05) is 5.75 Å². The zero-order valence-electron chi connectivity index (χ0n) is 29.1. The van der Waals surface area contributed by atoms with E-state index in [1.165, 1.54) is 12.1 Å². The van der Waals surface area contributed by atoms with Crippen LogP contribution in [0.5, 0.6) is 0 Å². The molecule has 8 nitrogen and oxygen atoms in total. The van der Waals surface area contributed by atoms with Crippen molar-refractivity contribution in [2.45, 2.75) is 48.9 Å². The fourth-order valence-corrected chi connectivity index (χ4v) is 9.66. The van der Waals surface area contributed by atoms with Gasteiger partial charge in [0.1, 0.15) is 11.6 Å². The Morgan fingerprint density at radius 1 is 0.778 bits per heavy atom. The smallest absolute Gasteiger partial charge is 0.303 e. The summed E-state index contributed by atoms with van der Waals surface area (Å²) in [5.41, 5.74) is 3.44. The Balaban J connectivity index is 1.50. The quantitative estimate of drug-likeness (QED) is 0.108. The molecule has 0 spiro atoms. The standard InChI is InChI=1S/C41H37ClF2N2O6S2/c1-27(45-54(51,52)26-35-36(43)13-8-14-37(35)44)40-33(23-24-53(49,50)32-19-15-28(16-20-32)17-22-39(47)48)34-25-31(42)18-21-38(34)46(40)41(29-9-4-2-5-10-29)30-11-6-3-7-12-30/h2-16,18-21,25,27,41,45H,17,22-24,26H2,1H3,(H,47,48). The van der Waals surface area contributed by atoms with E-state index in [1.807, 2.05) is 71.3 Å². The van der Waals surface area contributed by atoms with Gasteiger partial charge in [0.25, 0.3) is 0 Å². The van der Waals surface area contributed by atoms with E-state index >= 15 is 0 Å². The molecule has 0 bridgehead atoms. The van der Waals surface area contributed by atoms with Crippen molar-refractivity contribution in [1.29, 1.82) is 0 Å². The summed E-state index contributed by atoms with van der Waals surface area (Å²) in [6.45, 7) is 1.61. The van der Waals surface area contributed by atoms with E-state index in [2.05, 4.69) is 4.72 Å². The Hall–Kier alpha value is -4.88. The zero-order chi connectivity index (χ0) is 38.6. The van der Waals surface area contributed by atoms with Crippen LogP contribution in [0.15, 0.2) is 126 Å². The first-order chi connectivity index (χ1) is 25.7. The highest BCUT2D eigenvalue weighted by Gasteiger charge is 2.31. The van der Waals surface area contributed by atoms with Gasteiger partial charge in [-0.15, -0.1) is 0 Å². The first-order valence-electron chi connectivity index (χ1n) is 17.1. The van der Waals surface area contributed by atoms with Crippen LogP contribution in [0.25, 0.3) is 10.9 Å². The van der Waals surface area contributed by atoms with Crippen LogP contribution >= 0.6 is 11.6 Å². The first kappa shape index (κ1) is 38.8. The van der Waals surface area contributed by atoms with Gasteiger partial charge in [-0.3, -0.25) is 4.79 Å². The second-order valence-electron chi connectivity index (χ2n) is 13.0. The van der Waals surface area contributed by atoms with E-state index in [0.29, 0.717) is 32.7 Å². The van der Waals surface area contributed by atoms with E-state index < -0.39 is 60.9 Å². The van der Waals surface area contributed by atoms with E-state index in [-0.39, 0.29) is 29.9 Å². The molecule has 0 saturated carbocycles. The Labute approximate surface area is 318 Å². The van der Waals surface area contributed by atoms with Crippen molar-refractivity contribution >= 4 is 48.3 Å². The number of aromatic nitrogens is 1. The topological polar surface area (TPSA) is 123 Å². The SMILES string of the molecule is CC(NS(=O)(=O)Cc1c(F)cccc1F)c1c(CCS(=O)(=O)c2ccc(CCC(=O)O)cc2)c2cc(Cl)ccc2n1C(c1ccccc1)c1ccccc1. The van der Waals surface area contributed by atoms with Crippen LogP contribution in [0.2, 0.25) is 5.02 Å². The highest BCUT2D eigenvalue weighted by atomic mass is 35.5. The molecule has 0 amide bonds. The van der Waals surface area contributed by atoms with Gasteiger partial charge in [0.05, 0.1) is 28.5 Å². The molecule has 0 aliphatic carbocycles. The van der Waals surface area contributed by atoms with Crippen molar-refractivity contribution in [3.63, 3.8) is 0 Å². The fourth-order valence-electron chi connectivity index (χ4n) is 6.84. The summed E-state index contributed by atoms with van der Waals surface area (Å²) in [5.74, 6) is -4.27. The molecule has 0 aliphatic heterocycles. The average molecular weight is 791 g/mol. The summed E-state index contributed by atoms with van der Waals surface area (Å²) in [4.78, 5) is 11.1. The lowest BCUT2D eigenvalue weighted by Gasteiger charge is -2.27. The van der Waals surface area contributed by atoms with Crippen LogP contribution in [-0.4, -0.2) is 38.2 Å². The zero-order valence-corrected chi connectivity index (χ0v) is 31.5. The summed E-state index contributed by atoms with van der Waals surface area (Å²) in [7, 11) is -8.30. The number of carboxylic acid groups (broad SMARTS) is 1. The minimum absolute atomic E-state index is 0.0490. The number of hydrogen-bond donors (Lipinski definition) is 2. The maximum Gasteiger partial charge on any atom is 0.303 e. The molecule has 5 aromatic carbocycles. The number of fused-ring (bicyclic) bond motifs is 1. The lowest BCUT2D eigenvalue weighted by molar-refractivity contribution is -0.136. The Morgan fingerprint density at radius 2 is 1.37 bits per heavy atom. The number of aliphatic carboxylic acids is 1. The number of sulfone groups is 1. The molecule has 13 heteroatoms. The molecule has 1 aromatic heterocycles. The average Bonchev–Trinajstić information content (AvgIpc) is 3.45. The molecule has 2 N–H and O–H groups in total. The maximum atomic E-state index is 14.6. The number of nitrogens with zero attached hydrogens (tertiary/aromatic N) is 1. The molecular weight excluding hydrogens is 754 g/mol. The minimum atomic E-state index is -4.39. The van der Waals surface area contributed by atoms with Crippen LogP contribution in [0, 0.1) is 11.6 Å². The number of sulfonamides is 1. The molecule has 0 aliphatic rings. The number of carboxylic acids is 1. The molecule has 54 heavy (non-hydrogen) atoms. The highest BCUT2D eigenvalue weighted by Crippen LogP contribution is 2.40. The monoisotopic (exact) mass is 790 g/mol. The summed E-state index contributed by atoms with van der Waals surface area (Å²) >= 11 is 6.57. The van der Waals surface area contributed by atoms with Crippen LogP contribution in [0.4, 0.5) is 8.78 Å². The molecule has 1 heterocycles. The van der Waals surface area contributed by atoms with Crippen LogP contribution in [0.1, 0.15) is 58.9 Å². The summed E-state index contributed by atoms with van der Waals surface area (Å²) in [5, 5.41) is 10.0. The number of hydrogen-bond acceptors (Lipinski definition) is 5. The van der Waals surface area contributed by atoms with Crippen molar-refractivity contribution in [2.24, 2.45) is 0 Å². The predicted octanol–water partition coefficient (Wildman–Crippen LogP) is 8.42. The fraction of sp³-hybridized carbons (Fsp3) is 0.195. The van der Waals surface area contributed by atoms with Gasteiger partial charge in [0.15, 0.2) is 9.84 Å². The minimum Gasteiger partial charge on any atom is -0.481 e. The number of carbonyl (C=O) groups is 1. The third-order valence-electron chi connectivity index (χ3n) is 9.29. The van der Waals surface area contributed by atoms with Crippen LogP contribution in [0.3, 0.4) is 0 Å². The lowest BCUT2D eigenvalue weighted by Crippen LogP contribution is -2.31. The normalized spacial score (nSPS) is 12.7. The maximum absolute atomic E-state index is 14.6.